The van der Waals surface area contributed by atoms with E-state index >= 15 is 0 Å². The molecule has 17 heavy (non-hydrogen) atoms. The van der Waals surface area contributed by atoms with E-state index in [1.165, 1.54) is 11.4 Å². The Hall–Kier alpha value is -0.660. The lowest BCUT2D eigenvalue weighted by molar-refractivity contribution is -0.146. The third-order valence-electron chi connectivity index (χ3n) is 2.77. The van der Waals surface area contributed by atoms with Crippen molar-refractivity contribution in [3.8, 4) is 0 Å². The second kappa shape index (κ2) is 6.32. The average Bonchev–Trinajstić information content (AvgIpc) is 2.35. The fraction of sp³-hybridized carbons (Fsp3) is 0.900. The molecule has 0 aliphatic carbocycles. The molecule has 0 radical (unpaired) electrons. The first kappa shape index (κ1) is 14.4. The number of carbonyl (C=O) groups is 1. The lowest BCUT2D eigenvalue weighted by Gasteiger charge is -2.32. The Balaban J connectivity index is 2.80. The van der Waals surface area contributed by atoms with Crippen molar-refractivity contribution in [2.75, 3.05) is 20.2 Å². The standard InChI is InChI=1S/C10H20N2O4S/c1-3-7-11-17(14,15)12-8-5-4-6-9(12)10(13)16-2/h9,11H,3-8H2,1-2H3. The molecule has 6 nitrogen and oxygen atoms in total. The van der Waals surface area contributed by atoms with Crippen molar-refractivity contribution in [3.05, 3.63) is 0 Å². The molecule has 100 valence electrons. The number of rotatable bonds is 5. The molecule has 7 heteroatoms. The van der Waals surface area contributed by atoms with Gasteiger partial charge in [-0.05, 0) is 25.7 Å². The maximum absolute atomic E-state index is 12.0. The summed E-state index contributed by atoms with van der Waals surface area (Å²) in [6, 6.07) is -0.678. The van der Waals surface area contributed by atoms with Crippen LogP contribution in [0.1, 0.15) is 32.6 Å². The van der Waals surface area contributed by atoms with Gasteiger partial charge >= 0.3 is 5.97 Å². The van der Waals surface area contributed by atoms with E-state index in [0.717, 1.165) is 19.3 Å². The van der Waals surface area contributed by atoms with Crippen molar-refractivity contribution < 1.29 is 17.9 Å². The Morgan fingerprint density at radius 1 is 1.47 bits per heavy atom. The first-order valence-corrected chi connectivity index (χ1v) is 7.31. The van der Waals surface area contributed by atoms with Crippen LogP contribution in [0.2, 0.25) is 0 Å². The van der Waals surface area contributed by atoms with E-state index in [1.54, 1.807) is 0 Å². The molecule has 0 saturated carbocycles. The highest BCUT2D eigenvalue weighted by Crippen LogP contribution is 2.20. The quantitative estimate of drug-likeness (QED) is 0.723. The van der Waals surface area contributed by atoms with Crippen LogP contribution >= 0.6 is 0 Å². The van der Waals surface area contributed by atoms with Crippen LogP contribution in [-0.4, -0.2) is 44.9 Å². The number of esters is 1. The van der Waals surface area contributed by atoms with Crippen LogP contribution in [0.15, 0.2) is 0 Å². The van der Waals surface area contributed by atoms with Crippen LogP contribution < -0.4 is 4.72 Å². The summed E-state index contributed by atoms with van der Waals surface area (Å²) < 4.78 is 32.3. The van der Waals surface area contributed by atoms with Gasteiger partial charge in [0.2, 0.25) is 0 Å². The molecule has 1 aliphatic rings. The van der Waals surface area contributed by atoms with Gasteiger partial charge in [0.05, 0.1) is 7.11 Å². The number of piperidine rings is 1. The monoisotopic (exact) mass is 264 g/mol. The van der Waals surface area contributed by atoms with Gasteiger partial charge in [-0.25, -0.2) is 4.72 Å². The van der Waals surface area contributed by atoms with Gasteiger partial charge in [-0.1, -0.05) is 6.92 Å². The highest BCUT2D eigenvalue weighted by Gasteiger charge is 2.36. The molecule has 1 heterocycles. The Morgan fingerprint density at radius 3 is 2.76 bits per heavy atom. The van der Waals surface area contributed by atoms with E-state index in [4.69, 9.17) is 0 Å². The van der Waals surface area contributed by atoms with Gasteiger partial charge in [-0.15, -0.1) is 0 Å². The van der Waals surface area contributed by atoms with Crippen molar-refractivity contribution in [2.45, 2.75) is 38.6 Å². The Labute approximate surface area is 102 Å². The lowest BCUT2D eigenvalue weighted by Crippen LogP contribution is -2.52. The fourth-order valence-electron chi connectivity index (χ4n) is 1.88. The number of nitrogens with zero attached hydrogens (tertiary/aromatic N) is 1. The zero-order valence-corrected chi connectivity index (χ0v) is 11.1. The highest BCUT2D eigenvalue weighted by atomic mass is 32.2. The number of hydrogen-bond acceptors (Lipinski definition) is 4. The van der Waals surface area contributed by atoms with Crippen molar-refractivity contribution in [1.29, 1.82) is 0 Å². The lowest BCUT2D eigenvalue weighted by atomic mass is 10.1. The summed E-state index contributed by atoms with van der Waals surface area (Å²) in [5.41, 5.74) is 0. The Bertz CT molecular complexity index is 355. The van der Waals surface area contributed by atoms with Crippen molar-refractivity contribution in [2.24, 2.45) is 0 Å². The first-order chi connectivity index (χ1) is 8.03. The summed E-state index contributed by atoms with van der Waals surface area (Å²) in [6.07, 6.45) is 2.87. The first-order valence-electron chi connectivity index (χ1n) is 5.87. The molecular formula is C10H20N2O4S. The van der Waals surface area contributed by atoms with Crippen LogP contribution in [0.3, 0.4) is 0 Å². The Morgan fingerprint density at radius 2 is 2.18 bits per heavy atom. The Kier molecular flexibility index (Phi) is 5.35. The van der Waals surface area contributed by atoms with Crippen LogP contribution in [0.4, 0.5) is 0 Å². The van der Waals surface area contributed by atoms with Crippen molar-refractivity contribution in [3.63, 3.8) is 0 Å². The molecule has 1 atom stereocenters. The summed E-state index contributed by atoms with van der Waals surface area (Å²) in [6.45, 7) is 2.64. The molecular weight excluding hydrogens is 244 g/mol. The SMILES string of the molecule is CCCNS(=O)(=O)N1CCCCC1C(=O)OC. The van der Waals surface area contributed by atoms with Gasteiger partial charge in [0.1, 0.15) is 6.04 Å². The van der Waals surface area contributed by atoms with E-state index in [1.807, 2.05) is 6.92 Å². The zero-order valence-electron chi connectivity index (χ0n) is 10.3. The normalized spacial score (nSPS) is 22.4. The summed E-state index contributed by atoms with van der Waals surface area (Å²) in [4.78, 5) is 11.5. The van der Waals surface area contributed by atoms with Crippen LogP contribution in [-0.2, 0) is 19.7 Å². The molecule has 0 aromatic carbocycles. The van der Waals surface area contributed by atoms with Gasteiger partial charge in [-0.2, -0.15) is 12.7 Å². The summed E-state index contributed by atoms with van der Waals surface area (Å²) in [7, 11) is -2.29. The number of ether oxygens (including phenoxy) is 1. The minimum atomic E-state index is -3.57. The van der Waals surface area contributed by atoms with Crippen molar-refractivity contribution >= 4 is 16.2 Å². The molecule has 0 amide bonds. The largest absolute Gasteiger partial charge is 0.468 e. The van der Waals surface area contributed by atoms with E-state index in [0.29, 0.717) is 19.5 Å². The molecule has 0 aromatic rings. The van der Waals surface area contributed by atoms with Gasteiger partial charge in [-0.3, -0.25) is 4.79 Å². The van der Waals surface area contributed by atoms with Gasteiger partial charge in [0, 0.05) is 13.1 Å². The van der Waals surface area contributed by atoms with Crippen LogP contribution in [0, 0.1) is 0 Å². The molecule has 0 bridgehead atoms. The van der Waals surface area contributed by atoms with E-state index in [2.05, 4.69) is 9.46 Å². The molecule has 0 spiro atoms. The minimum Gasteiger partial charge on any atom is -0.468 e. The average molecular weight is 264 g/mol. The molecule has 1 fully saturated rings. The number of nitrogens with one attached hydrogen (secondary N) is 1. The van der Waals surface area contributed by atoms with E-state index < -0.39 is 22.2 Å². The predicted octanol–water partition coefficient (Wildman–Crippen LogP) is 0.258. The van der Waals surface area contributed by atoms with Crippen LogP contribution in [0.25, 0.3) is 0 Å². The molecule has 1 saturated heterocycles. The van der Waals surface area contributed by atoms with Gasteiger partial charge in [0.15, 0.2) is 0 Å². The second-order valence-electron chi connectivity index (χ2n) is 4.04. The van der Waals surface area contributed by atoms with E-state index in [9.17, 15) is 13.2 Å². The molecule has 0 aromatic heterocycles. The summed E-state index contributed by atoms with van der Waals surface area (Å²) >= 11 is 0. The third-order valence-corrected chi connectivity index (χ3v) is 4.39. The van der Waals surface area contributed by atoms with Gasteiger partial charge < -0.3 is 4.74 Å². The summed E-state index contributed by atoms with van der Waals surface area (Å²) in [5, 5.41) is 0. The number of carbonyl (C=O) groups excluding carboxylic acids is 1. The topological polar surface area (TPSA) is 75.7 Å². The van der Waals surface area contributed by atoms with Gasteiger partial charge in [0.25, 0.3) is 10.2 Å². The minimum absolute atomic E-state index is 0.374. The second-order valence-corrected chi connectivity index (χ2v) is 5.75. The summed E-state index contributed by atoms with van der Waals surface area (Å²) in [5.74, 6) is -0.480. The third kappa shape index (κ3) is 3.65. The molecule has 1 rings (SSSR count). The molecule has 1 unspecified atom stereocenters. The predicted molar refractivity (Wildman–Crippen MR) is 63.6 cm³/mol. The maximum atomic E-state index is 12.0. The number of methoxy groups -OCH3 is 1. The zero-order chi connectivity index (χ0) is 12.9. The van der Waals surface area contributed by atoms with E-state index in [-0.39, 0.29) is 0 Å². The fourth-order valence-corrected chi connectivity index (χ4v) is 3.40. The number of hydrogen-bond donors (Lipinski definition) is 1. The molecule has 1 N–H and O–H groups in total. The highest BCUT2D eigenvalue weighted by molar-refractivity contribution is 7.87. The smallest absolute Gasteiger partial charge is 0.324 e. The molecule has 1 aliphatic heterocycles. The van der Waals surface area contributed by atoms with Crippen molar-refractivity contribution in [1.82, 2.24) is 9.03 Å². The van der Waals surface area contributed by atoms with Crippen LogP contribution in [0.5, 0.6) is 0 Å². The maximum Gasteiger partial charge on any atom is 0.324 e.